The van der Waals surface area contributed by atoms with Crippen LogP contribution in [0.15, 0.2) is 85.1 Å². The van der Waals surface area contributed by atoms with E-state index in [2.05, 4.69) is 20.9 Å². The van der Waals surface area contributed by atoms with Crippen LogP contribution in [0.3, 0.4) is 0 Å². The lowest BCUT2D eigenvalue weighted by Crippen LogP contribution is -2.35. The number of amides is 2. The first kappa shape index (κ1) is 27.0. The zero-order valence-corrected chi connectivity index (χ0v) is 22.2. The van der Waals surface area contributed by atoms with Crippen LogP contribution in [0.4, 0.5) is 32.8 Å². The van der Waals surface area contributed by atoms with Crippen molar-refractivity contribution in [3.05, 3.63) is 102 Å². The summed E-state index contributed by atoms with van der Waals surface area (Å²) in [5.74, 6) is -1.04. The summed E-state index contributed by atoms with van der Waals surface area (Å²) in [4.78, 5) is 27.5. The number of piperidine rings is 1. The van der Waals surface area contributed by atoms with E-state index in [1.54, 1.807) is 60.7 Å². The molecule has 1 aliphatic heterocycles. The number of anilines is 5. The summed E-state index contributed by atoms with van der Waals surface area (Å²) in [5, 5.41) is 18.3. The van der Waals surface area contributed by atoms with Crippen molar-refractivity contribution >= 4 is 40.3 Å². The van der Waals surface area contributed by atoms with Crippen LogP contribution in [0.25, 0.3) is 0 Å². The molecule has 1 saturated heterocycles. The van der Waals surface area contributed by atoms with Gasteiger partial charge in [0.25, 0.3) is 11.8 Å². The Kier molecular flexibility index (Phi) is 8.12. The van der Waals surface area contributed by atoms with Gasteiger partial charge in [0.05, 0.1) is 11.8 Å². The lowest BCUT2D eigenvalue weighted by molar-refractivity contribution is 0.101. The van der Waals surface area contributed by atoms with Gasteiger partial charge >= 0.3 is 0 Å². The maximum atomic E-state index is 14.8. The number of aliphatic hydroxyl groups is 1. The van der Waals surface area contributed by atoms with Crippen LogP contribution in [0.2, 0.25) is 0 Å². The van der Waals surface area contributed by atoms with Crippen LogP contribution in [-0.2, 0) is 6.54 Å². The van der Waals surface area contributed by atoms with E-state index in [1.165, 1.54) is 6.07 Å². The van der Waals surface area contributed by atoms with E-state index >= 15 is 0 Å². The molecule has 0 saturated carbocycles. The first-order valence-corrected chi connectivity index (χ1v) is 13.4. The second kappa shape index (κ2) is 12.0. The van der Waals surface area contributed by atoms with E-state index in [0.29, 0.717) is 34.9 Å². The second-order valence-electron chi connectivity index (χ2n) is 9.75. The lowest BCUT2D eigenvalue weighted by atomic mass is 10.1. The molecule has 4 N–H and O–H groups in total. The van der Waals surface area contributed by atoms with E-state index in [4.69, 9.17) is 0 Å². The van der Waals surface area contributed by atoms with Crippen LogP contribution < -0.4 is 20.9 Å². The summed E-state index contributed by atoms with van der Waals surface area (Å²) >= 11 is 0. The second-order valence-corrected chi connectivity index (χ2v) is 9.75. The third-order valence-electron chi connectivity index (χ3n) is 7.01. The highest BCUT2D eigenvalue weighted by Crippen LogP contribution is 2.25. The Bertz CT molecular complexity index is 1480. The Hall–Kier alpha value is -4.63. The van der Waals surface area contributed by atoms with Crippen LogP contribution in [-0.4, -0.2) is 40.7 Å². The largest absolute Gasteiger partial charge is 0.393 e. The Balaban J connectivity index is 1.16. The molecule has 8 nitrogen and oxygen atoms in total. The van der Waals surface area contributed by atoms with Gasteiger partial charge in [0.15, 0.2) is 0 Å². The van der Waals surface area contributed by atoms with E-state index in [9.17, 15) is 19.1 Å². The van der Waals surface area contributed by atoms with Crippen molar-refractivity contribution in [1.82, 2.24) is 4.57 Å². The standard InChI is InChI=1S/C31H32FN5O3/c1-2-36-17-3-4-29(36)31(40)35-24-11-14-28(27(32)20-24)33-22-7-9-23(10-8-22)34-30(39)21-5-12-25(13-6-21)37-18-15-26(38)16-19-37/h3-14,17,20,26,33,38H,2,15-16,18-19H2,1H3,(H,34,39)(H,35,40). The lowest BCUT2D eigenvalue weighted by Gasteiger charge is -2.31. The first-order valence-electron chi connectivity index (χ1n) is 13.4. The molecule has 1 aromatic heterocycles. The summed E-state index contributed by atoms with van der Waals surface area (Å²) in [6.07, 6.45) is 3.09. The molecule has 40 heavy (non-hydrogen) atoms. The molecule has 0 bridgehead atoms. The van der Waals surface area contributed by atoms with Gasteiger partial charge in [0, 0.05) is 54.1 Å². The van der Waals surface area contributed by atoms with E-state index in [0.717, 1.165) is 31.6 Å². The number of benzene rings is 3. The van der Waals surface area contributed by atoms with Crippen molar-refractivity contribution in [3.63, 3.8) is 0 Å². The van der Waals surface area contributed by atoms with Gasteiger partial charge in [0.1, 0.15) is 11.5 Å². The molecular formula is C31H32FN5O3. The highest BCUT2D eigenvalue weighted by atomic mass is 19.1. The number of aliphatic hydroxyl groups excluding tert-OH is 1. The molecule has 1 aliphatic rings. The molecule has 1 fully saturated rings. The monoisotopic (exact) mass is 541 g/mol. The molecule has 0 spiro atoms. The number of rotatable bonds is 8. The van der Waals surface area contributed by atoms with Crippen LogP contribution in [0.1, 0.15) is 40.6 Å². The van der Waals surface area contributed by atoms with Crippen LogP contribution in [0.5, 0.6) is 0 Å². The molecule has 4 aromatic rings. The maximum absolute atomic E-state index is 14.8. The average Bonchev–Trinajstić information content (AvgIpc) is 3.45. The summed E-state index contributed by atoms with van der Waals surface area (Å²) in [6.45, 7) is 4.20. The number of aryl methyl sites for hydroxylation is 1. The number of aromatic nitrogens is 1. The molecule has 206 valence electrons. The first-order chi connectivity index (χ1) is 19.4. The number of nitrogens with zero attached hydrogens (tertiary/aromatic N) is 2. The predicted molar refractivity (Wildman–Crippen MR) is 156 cm³/mol. The summed E-state index contributed by atoms with van der Waals surface area (Å²) in [6, 6.07) is 22.4. The minimum absolute atomic E-state index is 0.226. The minimum Gasteiger partial charge on any atom is -0.393 e. The number of hydrogen-bond donors (Lipinski definition) is 4. The molecule has 2 heterocycles. The van der Waals surface area contributed by atoms with Crippen molar-refractivity contribution < 1.29 is 19.1 Å². The summed E-state index contributed by atoms with van der Waals surface area (Å²) in [5.41, 5.74) is 3.96. The summed E-state index contributed by atoms with van der Waals surface area (Å²) in [7, 11) is 0. The SMILES string of the molecule is CCn1cccc1C(=O)Nc1ccc(Nc2ccc(NC(=O)c3ccc(N4CCC(O)CC4)cc3)cc2)c(F)c1. The molecule has 3 aromatic carbocycles. The molecule has 0 atom stereocenters. The van der Waals surface area contributed by atoms with Crippen LogP contribution in [0, 0.1) is 5.82 Å². The topological polar surface area (TPSA) is 98.6 Å². The van der Waals surface area contributed by atoms with Gasteiger partial charge in [-0.25, -0.2) is 4.39 Å². The number of carbonyl (C=O) groups excluding carboxylic acids is 2. The number of halogens is 1. The van der Waals surface area contributed by atoms with Crippen molar-refractivity contribution in [2.45, 2.75) is 32.4 Å². The summed E-state index contributed by atoms with van der Waals surface area (Å²) < 4.78 is 16.6. The molecular weight excluding hydrogens is 509 g/mol. The smallest absolute Gasteiger partial charge is 0.272 e. The van der Waals surface area contributed by atoms with Gasteiger partial charge in [-0.2, -0.15) is 0 Å². The fourth-order valence-electron chi connectivity index (χ4n) is 4.73. The zero-order chi connectivity index (χ0) is 28.1. The molecule has 0 aliphatic carbocycles. The van der Waals surface area contributed by atoms with Crippen LogP contribution >= 0.6 is 0 Å². The Morgan fingerprint density at radius 3 is 2.20 bits per heavy atom. The number of hydrogen-bond acceptors (Lipinski definition) is 5. The van der Waals surface area contributed by atoms with Crippen molar-refractivity contribution in [3.8, 4) is 0 Å². The maximum Gasteiger partial charge on any atom is 0.272 e. The van der Waals surface area contributed by atoms with Gasteiger partial charge in [-0.3, -0.25) is 9.59 Å². The predicted octanol–water partition coefficient (Wildman–Crippen LogP) is 5.86. The van der Waals surface area contributed by atoms with E-state index in [-0.39, 0.29) is 23.6 Å². The van der Waals surface area contributed by atoms with Crippen molar-refractivity contribution in [2.75, 3.05) is 33.9 Å². The minimum atomic E-state index is -0.509. The number of nitrogens with one attached hydrogen (secondary N) is 3. The van der Waals surface area contributed by atoms with E-state index < -0.39 is 5.82 Å². The highest BCUT2D eigenvalue weighted by molar-refractivity contribution is 6.04. The van der Waals surface area contributed by atoms with Gasteiger partial charge in [-0.05, 0) is 98.6 Å². The van der Waals surface area contributed by atoms with Crippen molar-refractivity contribution in [1.29, 1.82) is 0 Å². The van der Waals surface area contributed by atoms with Gasteiger partial charge in [-0.15, -0.1) is 0 Å². The third kappa shape index (κ3) is 6.32. The fourth-order valence-corrected chi connectivity index (χ4v) is 4.73. The molecule has 0 radical (unpaired) electrons. The molecule has 2 amide bonds. The van der Waals surface area contributed by atoms with Crippen molar-refractivity contribution in [2.24, 2.45) is 0 Å². The van der Waals surface area contributed by atoms with Gasteiger partial charge < -0.3 is 30.5 Å². The number of carbonyl (C=O) groups is 2. The Labute approximate surface area is 232 Å². The van der Waals surface area contributed by atoms with E-state index in [1.807, 2.05) is 29.8 Å². The fraction of sp³-hybridized carbons (Fsp3) is 0.226. The van der Waals surface area contributed by atoms with Gasteiger partial charge in [0.2, 0.25) is 0 Å². The quantitative estimate of drug-likeness (QED) is 0.224. The molecule has 9 heteroatoms. The Morgan fingerprint density at radius 2 is 1.52 bits per heavy atom. The Morgan fingerprint density at radius 1 is 0.875 bits per heavy atom. The highest BCUT2D eigenvalue weighted by Gasteiger charge is 2.18. The molecule has 5 rings (SSSR count). The molecule has 0 unspecified atom stereocenters. The van der Waals surface area contributed by atoms with Gasteiger partial charge in [-0.1, -0.05) is 0 Å². The average molecular weight is 542 g/mol. The normalized spacial score (nSPS) is 13.6. The third-order valence-corrected chi connectivity index (χ3v) is 7.01. The zero-order valence-electron chi connectivity index (χ0n) is 22.2.